The molecule has 2 aromatic heterocycles. The third-order valence-electron chi connectivity index (χ3n) is 3.35. The number of hydrogen-bond acceptors (Lipinski definition) is 5. The van der Waals surface area contributed by atoms with Gasteiger partial charge in [0.05, 0.1) is 30.0 Å². The summed E-state index contributed by atoms with van der Waals surface area (Å²) in [4.78, 5) is 16.9. The van der Waals surface area contributed by atoms with Gasteiger partial charge in [-0.3, -0.25) is 9.89 Å². The van der Waals surface area contributed by atoms with E-state index < -0.39 is 0 Å². The number of nitrogens with zero attached hydrogens (tertiary/aromatic N) is 2. The Bertz CT molecular complexity index is 628. The molecule has 0 saturated heterocycles. The highest BCUT2D eigenvalue weighted by molar-refractivity contribution is 7.15. The minimum Gasteiger partial charge on any atom is -0.375 e. The zero-order chi connectivity index (χ0) is 14.1. The van der Waals surface area contributed by atoms with Crippen molar-refractivity contribution in [2.75, 3.05) is 5.73 Å². The number of nitrogens with two attached hydrogens (primary N) is 1. The van der Waals surface area contributed by atoms with Crippen molar-refractivity contribution in [1.82, 2.24) is 20.5 Å². The van der Waals surface area contributed by atoms with Crippen molar-refractivity contribution in [3.63, 3.8) is 0 Å². The van der Waals surface area contributed by atoms with E-state index in [1.165, 1.54) is 24.2 Å². The Morgan fingerprint density at radius 2 is 2.40 bits per heavy atom. The molecule has 106 valence electrons. The summed E-state index contributed by atoms with van der Waals surface area (Å²) in [6.07, 6.45) is 2.77. The van der Waals surface area contributed by atoms with Gasteiger partial charge in [0.15, 0.2) is 5.13 Å². The van der Waals surface area contributed by atoms with Crippen molar-refractivity contribution in [3.05, 3.63) is 28.0 Å². The summed E-state index contributed by atoms with van der Waals surface area (Å²) in [5.74, 6) is 0.595. The number of hydrogen-bond donors (Lipinski definition) is 3. The van der Waals surface area contributed by atoms with Crippen LogP contribution in [-0.4, -0.2) is 21.1 Å². The SMILES string of the molecule is Cc1nc(N)sc1CC(=O)NCc1cc(C2CC2)n[nH]1. The smallest absolute Gasteiger partial charge is 0.225 e. The third-order valence-corrected chi connectivity index (χ3v) is 4.34. The lowest BCUT2D eigenvalue weighted by Gasteiger charge is -2.02. The normalized spacial score (nSPS) is 14.4. The molecule has 2 aromatic rings. The van der Waals surface area contributed by atoms with E-state index in [1.807, 2.05) is 13.0 Å². The van der Waals surface area contributed by atoms with Gasteiger partial charge in [-0.25, -0.2) is 4.98 Å². The number of anilines is 1. The minimum atomic E-state index is -0.0284. The van der Waals surface area contributed by atoms with Crippen LogP contribution in [0.4, 0.5) is 5.13 Å². The van der Waals surface area contributed by atoms with E-state index in [1.54, 1.807) is 0 Å². The van der Waals surface area contributed by atoms with Crippen molar-refractivity contribution in [3.8, 4) is 0 Å². The van der Waals surface area contributed by atoms with Gasteiger partial charge in [-0.1, -0.05) is 0 Å². The van der Waals surface area contributed by atoms with Gasteiger partial charge in [-0.2, -0.15) is 5.10 Å². The fourth-order valence-corrected chi connectivity index (χ4v) is 2.91. The van der Waals surface area contributed by atoms with Crippen molar-refractivity contribution < 1.29 is 4.79 Å². The van der Waals surface area contributed by atoms with Crippen molar-refractivity contribution in [1.29, 1.82) is 0 Å². The number of nitrogens with one attached hydrogen (secondary N) is 2. The van der Waals surface area contributed by atoms with E-state index in [0.29, 0.717) is 24.0 Å². The monoisotopic (exact) mass is 291 g/mol. The number of carbonyl (C=O) groups excluding carboxylic acids is 1. The van der Waals surface area contributed by atoms with E-state index >= 15 is 0 Å². The summed E-state index contributed by atoms with van der Waals surface area (Å²) in [7, 11) is 0. The largest absolute Gasteiger partial charge is 0.375 e. The summed E-state index contributed by atoms with van der Waals surface area (Å²) in [6, 6.07) is 2.04. The molecule has 0 aromatic carbocycles. The average Bonchev–Trinajstić information content (AvgIpc) is 3.06. The first-order chi connectivity index (χ1) is 9.61. The Morgan fingerprint density at radius 3 is 3.05 bits per heavy atom. The molecular weight excluding hydrogens is 274 g/mol. The number of carbonyl (C=O) groups is 1. The second kappa shape index (κ2) is 5.24. The van der Waals surface area contributed by atoms with Crippen molar-refractivity contribution >= 4 is 22.4 Å². The molecule has 1 amide bonds. The molecule has 3 rings (SSSR count). The van der Waals surface area contributed by atoms with Crippen LogP contribution in [0.15, 0.2) is 6.07 Å². The first-order valence-electron chi connectivity index (χ1n) is 6.64. The van der Waals surface area contributed by atoms with Crippen LogP contribution in [-0.2, 0) is 17.8 Å². The molecule has 4 N–H and O–H groups in total. The molecule has 1 aliphatic rings. The van der Waals surface area contributed by atoms with E-state index in [9.17, 15) is 4.79 Å². The molecule has 1 fully saturated rings. The topological polar surface area (TPSA) is 96.7 Å². The Morgan fingerprint density at radius 1 is 1.60 bits per heavy atom. The quantitative estimate of drug-likeness (QED) is 0.777. The van der Waals surface area contributed by atoms with Crippen LogP contribution in [0.5, 0.6) is 0 Å². The Hall–Kier alpha value is -1.89. The van der Waals surface area contributed by atoms with Crippen LogP contribution >= 0.6 is 11.3 Å². The summed E-state index contributed by atoms with van der Waals surface area (Å²) >= 11 is 1.37. The molecule has 0 aliphatic heterocycles. The van der Waals surface area contributed by atoms with Crippen LogP contribution in [0, 0.1) is 6.92 Å². The molecule has 0 spiro atoms. The lowest BCUT2D eigenvalue weighted by atomic mass is 10.2. The van der Waals surface area contributed by atoms with Gasteiger partial charge in [-0.05, 0) is 25.8 Å². The molecule has 0 unspecified atom stereocenters. The highest BCUT2D eigenvalue weighted by Crippen LogP contribution is 2.38. The summed E-state index contributed by atoms with van der Waals surface area (Å²) in [5, 5.41) is 10.6. The number of amides is 1. The molecule has 0 atom stereocenters. The Kier molecular flexibility index (Phi) is 3.43. The predicted molar refractivity (Wildman–Crippen MR) is 77.4 cm³/mol. The summed E-state index contributed by atoms with van der Waals surface area (Å²) in [6.45, 7) is 2.35. The van der Waals surface area contributed by atoms with E-state index in [4.69, 9.17) is 5.73 Å². The van der Waals surface area contributed by atoms with E-state index in [2.05, 4.69) is 20.5 Å². The number of H-pyrrole nitrogens is 1. The molecule has 20 heavy (non-hydrogen) atoms. The standard InChI is InChI=1S/C13H17N5OS/c1-7-11(20-13(14)16-7)5-12(19)15-6-9-4-10(18-17-9)8-2-3-8/h4,8H,2-3,5-6H2,1H3,(H2,14,16)(H,15,19)(H,17,18). The van der Waals surface area contributed by atoms with Gasteiger partial charge >= 0.3 is 0 Å². The maximum atomic E-state index is 11.9. The first-order valence-corrected chi connectivity index (χ1v) is 7.46. The van der Waals surface area contributed by atoms with Gasteiger partial charge in [0.25, 0.3) is 0 Å². The first kappa shape index (κ1) is 13.1. The van der Waals surface area contributed by atoms with Gasteiger partial charge in [0.1, 0.15) is 0 Å². The van der Waals surface area contributed by atoms with Gasteiger partial charge in [-0.15, -0.1) is 11.3 Å². The van der Waals surface area contributed by atoms with Crippen LogP contribution in [0.1, 0.15) is 40.7 Å². The fourth-order valence-electron chi connectivity index (χ4n) is 2.07. The maximum Gasteiger partial charge on any atom is 0.225 e. The number of aromatic amines is 1. The fraction of sp³-hybridized carbons (Fsp3) is 0.462. The van der Waals surface area contributed by atoms with Gasteiger partial charge < -0.3 is 11.1 Å². The number of thiazole rings is 1. The molecule has 0 bridgehead atoms. The van der Waals surface area contributed by atoms with Crippen LogP contribution in [0.2, 0.25) is 0 Å². The van der Waals surface area contributed by atoms with Gasteiger partial charge in [0, 0.05) is 10.8 Å². The van der Waals surface area contributed by atoms with Crippen molar-refractivity contribution in [2.24, 2.45) is 0 Å². The van der Waals surface area contributed by atoms with Crippen LogP contribution in [0.3, 0.4) is 0 Å². The number of aromatic nitrogens is 3. The number of aryl methyl sites for hydroxylation is 1. The van der Waals surface area contributed by atoms with Crippen LogP contribution in [0.25, 0.3) is 0 Å². The maximum absolute atomic E-state index is 11.9. The summed E-state index contributed by atoms with van der Waals surface area (Å²) < 4.78 is 0. The molecule has 0 radical (unpaired) electrons. The average molecular weight is 291 g/mol. The molecule has 2 heterocycles. The van der Waals surface area contributed by atoms with Crippen LogP contribution < -0.4 is 11.1 Å². The lowest BCUT2D eigenvalue weighted by Crippen LogP contribution is -2.24. The van der Waals surface area contributed by atoms with Crippen molar-refractivity contribution in [2.45, 2.75) is 38.6 Å². The molecule has 7 heteroatoms. The predicted octanol–water partition coefficient (Wildman–Crippen LogP) is 1.49. The van der Waals surface area contributed by atoms with E-state index in [-0.39, 0.29) is 5.91 Å². The van der Waals surface area contributed by atoms with Gasteiger partial charge in [0.2, 0.25) is 5.91 Å². The molecular formula is C13H17N5OS. The number of nitrogen functional groups attached to an aromatic ring is 1. The van der Waals surface area contributed by atoms with E-state index in [0.717, 1.165) is 22.0 Å². The second-order valence-electron chi connectivity index (χ2n) is 5.11. The highest BCUT2D eigenvalue weighted by atomic mass is 32.1. The zero-order valence-corrected chi connectivity index (χ0v) is 12.1. The molecule has 1 aliphatic carbocycles. The molecule has 6 nitrogen and oxygen atoms in total. The minimum absolute atomic E-state index is 0.0284. The highest BCUT2D eigenvalue weighted by Gasteiger charge is 2.26. The second-order valence-corrected chi connectivity index (χ2v) is 6.22. The zero-order valence-electron chi connectivity index (χ0n) is 11.3. The Balaban J connectivity index is 1.52. The summed E-state index contributed by atoms with van der Waals surface area (Å²) in [5.41, 5.74) is 8.51. The Labute approximate surface area is 120 Å². The third kappa shape index (κ3) is 2.98. The lowest BCUT2D eigenvalue weighted by molar-refractivity contribution is -0.120. The molecule has 1 saturated carbocycles. The number of rotatable bonds is 5.